The van der Waals surface area contributed by atoms with E-state index in [-0.39, 0.29) is 35.9 Å². The number of likely N-dealkylation sites (tertiary alicyclic amines) is 1. The highest BCUT2D eigenvalue weighted by Gasteiger charge is 2.41. The van der Waals surface area contributed by atoms with Crippen molar-refractivity contribution in [2.75, 3.05) is 33.3 Å². The van der Waals surface area contributed by atoms with E-state index in [9.17, 15) is 4.79 Å². The molecule has 5 nitrogen and oxygen atoms in total. The minimum atomic E-state index is -0.0929. The number of hydrogen-bond acceptors (Lipinski definition) is 3. The second-order valence-corrected chi connectivity index (χ2v) is 7.55. The van der Waals surface area contributed by atoms with Crippen molar-refractivity contribution in [3.8, 4) is 0 Å². The zero-order valence-corrected chi connectivity index (χ0v) is 17.5. The van der Waals surface area contributed by atoms with Gasteiger partial charge in [0.2, 0.25) is 0 Å². The first-order valence-electron chi connectivity index (χ1n) is 9.25. The van der Waals surface area contributed by atoms with Crippen molar-refractivity contribution in [3.05, 3.63) is 0 Å². The van der Waals surface area contributed by atoms with Crippen LogP contribution in [0.25, 0.3) is 0 Å². The molecule has 24 heavy (non-hydrogen) atoms. The molecule has 3 rings (SSSR count). The number of carbonyl (C=O) groups excluding carboxylic acids is 1. The van der Waals surface area contributed by atoms with E-state index in [2.05, 4.69) is 24.1 Å². The minimum absolute atomic E-state index is 0. The van der Waals surface area contributed by atoms with Gasteiger partial charge in [0.05, 0.1) is 13.0 Å². The van der Waals surface area contributed by atoms with Crippen LogP contribution in [0.15, 0.2) is 4.99 Å². The summed E-state index contributed by atoms with van der Waals surface area (Å²) in [7, 11) is 1.48. The SMILES string of the molecule is CCNC(=NCC(C1CC1)C1CC1)N1CC(C)C(C(=O)OC)C1.I. The molecule has 2 saturated carbocycles. The van der Waals surface area contributed by atoms with E-state index >= 15 is 0 Å². The molecular weight excluding hydrogens is 417 g/mol. The van der Waals surface area contributed by atoms with Crippen molar-refractivity contribution < 1.29 is 9.53 Å². The monoisotopic (exact) mass is 449 g/mol. The Kier molecular flexibility index (Phi) is 7.19. The van der Waals surface area contributed by atoms with Crippen LogP contribution < -0.4 is 5.32 Å². The average molecular weight is 449 g/mol. The van der Waals surface area contributed by atoms with Crippen LogP contribution in [0.4, 0.5) is 0 Å². The van der Waals surface area contributed by atoms with Crippen molar-refractivity contribution in [1.82, 2.24) is 10.2 Å². The van der Waals surface area contributed by atoms with E-state index in [1.165, 1.54) is 32.8 Å². The van der Waals surface area contributed by atoms with Crippen LogP contribution in [0.3, 0.4) is 0 Å². The molecule has 1 saturated heterocycles. The number of nitrogens with one attached hydrogen (secondary N) is 1. The molecule has 0 bridgehead atoms. The average Bonchev–Trinajstić information content (AvgIpc) is 3.45. The largest absolute Gasteiger partial charge is 0.469 e. The van der Waals surface area contributed by atoms with Gasteiger partial charge in [-0.15, -0.1) is 24.0 Å². The Balaban J connectivity index is 0.00000208. The second-order valence-electron chi connectivity index (χ2n) is 7.55. The van der Waals surface area contributed by atoms with Gasteiger partial charge in [0.15, 0.2) is 5.96 Å². The fourth-order valence-corrected chi connectivity index (χ4v) is 3.95. The van der Waals surface area contributed by atoms with Gasteiger partial charge in [-0.25, -0.2) is 0 Å². The Morgan fingerprint density at radius 3 is 2.38 bits per heavy atom. The van der Waals surface area contributed by atoms with Gasteiger partial charge in [-0.05, 0) is 56.3 Å². The smallest absolute Gasteiger partial charge is 0.310 e. The molecule has 0 aromatic rings. The summed E-state index contributed by atoms with van der Waals surface area (Å²) in [5, 5.41) is 3.42. The van der Waals surface area contributed by atoms with Gasteiger partial charge >= 0.3 is 5.97 Å². The first-order valence-corrected chi connectivity index (χ1v) is 9.25. The van der Waals surface area contributed by atoms with Crippen molar-refractivity contribution in [2.45, 2.75) is 39.5 Å². The van der Waals surface area contributed by atoms with Crippen LogP contribution >= 0.6 is 24.0 Å². The van der Waals surface area contributed by atoms with Gasteiger partial charge in [0.1, 0.15) is 0 Å². The number of nitrogens with zero attached hydrogens (tertiary/aromatic N) is 2. The zero-order chi connectivity index (χ0) is 16.4. The fraction of sp³-hybridized carbons (Fsp3) is 0.889. The normalized spacial score (nSPS) is 27.2. The fourth-order valence-electron chi connectivity index (χ4n) is 3.95. The quantitative estimate of drug-likeness (QED) is 0.293. The molecule has 3 fully saturated rings. The lowest BCUT2D eigenvalue weighted by Gasteiger charge is -2.22. The molecule has 0 aromatic heterocycles. The van der Waals surface area contributed by atoms with Crippen molar-refractivity contribution in [1.29, 1.82) is 0 Å². The molecule has 138 valence electrons. The van der Waals surface area contributed by atoms with Gasteiger partial charge in [0, 0.05) is 26.2 Å². The zero-order valence-electron chi connectivity index (χ0n) is 15.2. The third kappa shape index (κ3) is 4.76. The van der Waals surface area contributed by atoms with Gasteiger partial charge in [0.25, 0.3) is 0 Å². The topological polar surface area (TPSA) is 53.9 Å². The van der Waals surface area contributed by atoms with E-state index in [1.807, 2.05) is 0 Å². The van der Waals surface area contributed by atoms with Gasteiger partial charge in [-0.1, -0.05) is 6.92 Å². The number of methoxy groups -OCH3 is 1. The summed E-state index contributed by atoms with van der Waals surface area (Å²) in [4.78, 5) is 19.1. The van der Waals surface area contributed by atoms with Crippen molar-refractivity contribution in [2.24, 2.45) is 34.6 Å². The molecule has 0 spiro atoms. The Morgan fingerprint density at radius 2 is 1.88 bits per heavy atom. The maximum absolute atomic E-state index is 11.9. The molecule has 0 amide bonds. The summed E-state index contributed by atoms with van der Waals surface area (Å²) < 4.78 is 4.94. The standard InChI is InChI=1S/C18H31N3O2.HI/c1-4-19-18(20-9-15(13-5-6-13)14-7-8-14)21-10-12(2)16(11-21)17(22)23-3;/h12-16H,4-11H2,1-3H3,(H,19,20);1H. The third-order valence-electron chi connectivity index (χ3n) is 5.66. The molecule has 0 aromatic carbocycles. The lowest BCUT2D eigenvalue weighted by Crippen LogP contribution is -2.41. The number of aliphatic imine (C=N–C) groups is 1. The Labute approximate surface area is 163 Å². The van der Waals surface area contributed by atoms with Crippen LogP contribution in [0, 0.1) is 29.6 Å². The molecule has 2 atom stereocenters. The lowest BCUT2D eigenvalue weighted by atomic mass is 9.98. The van der Waals surface area contributed by atoms with Crippen LogP contribution in [-0.2, 0) is 9.53 Å². The maximum Gasteiger partial charge on any atom is 0.310 e. The Hall–Kier alpha value is -0.530. The highest BCUT2D eigenvalue weighted by molar-refractivity contribution is 14.0. The second kappa shape index (κ2) is 8.72. The molecule has 1 aliphatic heterocycles. The highest BCUT2D eigenvalue weighted by Crippen LogP contribution is 2.49. The summed E-state index contributed by atoms with van der Waals surface area (Å²) in [6, 6.07) is 0. The molecule has 0 radical (unpaired) electrons. The summed E-state index contributed by atoms with van der Waals surface area (Å²) >= 11 is 0. The Morgan fingerprint density at radius 1 is 1.25 bits per heavy atom. The first-order chi connectivity index (χ1) is 11.1. The van der Waals surface area contributed by atoms with Crippen LogP contribution in [0.5, 0.6) is 0 Å². The van der Waals surface area contributed by atoms with E-state index in [1.54, 1.807) is 0 Å². The first kappa shape index (κ1) is 19.8. The maximum atomic E-state index is 11.9. The number of ether oxygens (including phenoxy) is 1. The van der Waals surface area contributed by atoms with Crippen molar-refractivity contribution in [3.63, 3.8) is 0 Å². The number of halogens is 1. The van der Waals surface area contributed by atoms with E-state index in [0.29, 0.717) is 5.92 Å². The molecular formula is C18H32IN3O2. The van der Waals surface area contributed by atoms with Gasteiger partial charge in [-0.2, -0.15) is 0 Å². The number of esters is 1. The number of guanidine groups is 1. The molecule has 3 aliphatic rings. The molecule has 2 aliphatic carbocycles. The van der Waals surface area contributed by atoms with E-state index in [4.69, 9.17) is 9.73 Å². The van der Waals surface area contributed by atoms with Crippen molar-refractivity contribution >= 4 is 35.9 Å². The minimum Gasteiger partial charge on any atom is -0.469 e. The summed E-state index contributed by atoms with van der Waals surface area (Å²) in [5.74, 6) is 3.81. The number of rotatable bonds is 6. The summed E-state index contributed by atoms with van der Waals surface area (Å²) in [6.07, 6.45) is 5.60. The molecule has 1 heterocycles. The number of hydrogen-bond donors (Lipinski definition) is 1. The highest BCUT2D eigenvalue weighted by atomic mass is 127. The molecule has 1 N–H and O–H groups in total. The molecule has 6 heteroatoms. The van der Waals surface area contributed by atoms with Crippen LogP contribution in [0.2, 0.25) is 0 Å². The molecule has 2 unspecified atom stereocenters. The van der Waals surface area contributed by atoms with E-state index in [0.717, 1.165) is 49.9 Å². The van der Waals surface area contributed by atoms with Crippen LogP contribution in [-0.4, -0.2) is 50.1 Å². The lowest BCUT2D eigenvalue weighted by molar-refractivity contribution is -0.145. The summed E-state index contributed by atoms with van der Waals surface area (Å²) in [5.41, 5.74) is 0. The predicted octanol–water partition coefficient (Wildman–Crippen LogP) is 2.75. The number of carbonyl (C=O) groups is 1. The predicted molar refractivity (Wildman–Crippen MR) is 107 cm³/mol. The van der Waals surface area contributed by atoms with Gasteiger partial charge < -0.3 is 15.0 Å². The van der Waals surface area contributed by atoms with Crippen LogP contribution in [0.1, 0.15) is 39.5 Å². The van der Waals surface area contributed by atoms with E-state index < -0.39 is 0 Å². The van der Waals surface area contributed by atoms with Gasteiger partial charge in [-0.3, -0.25) is 9.79 Å². The third-order valence-corrected chi connectivity index (χ3v) is 5.66. The Bertz CT molecular complexity index is 451. The summed E-state index contributed by atoms with van der Waals surface area (Å²) in [6.45, 7) is 7.64.